The van der Waals surface area contributed by atoms with Crippen molar-refractivity contribution in [2.75, 3.05) is 0 Å². The Hall–Kier alpha value is 0. The number of rotatable bonds is 10. The summed E-state index contributed by atoms with van der Waals surface area (Å²) < 4.78 is 0. The lowest BCUT2D eigenvalue weighted by Gasteiger charge is -2.23. The van der Waals surface area contributed by atoms with Crippen LogP contribution in [0.15, 0.2) is 0 Å². The third-order valence-corrected chi connectivity index (χ3v) is 12.6. The predicted octanol–water partition coefficient (Wildman–Crippen LogP) is 8.52. The molecule has 0 amide bonds. The fraction of sp³-hybridized carbons (Fsp3) is 1.00. The first-order valence-electron chi connectivity index (χ1n) is 14.0. The topological polar surface area (TPSA) is 0 Å². The zero-order valence-corrected chi connectivity index (χ0v) is 22.2. The van der Waals surface area contributed by atoms with Crippen molar-refractivity contribution in [2.24, 2.45) is 101 Å². The molecule has 4 aliphatic carbocycles. The third-order valence-electron chi connectivity index (χ3n) is 12.6. The third kappa shape index (κ3) is 3.73. The SMILES string of the molecule is CCC1C(C)C1C(C)C(C)C1C(C)C1C(C)CC1C(C)C1C(C)C(C)C1C(C)C1C. The molecule has 0 heteroatoms. The Kier molecular flexibility index (Phi) is 6.25. The molecule has 4 fully saturated rings. The van der Waals surface area contributed by atoms with Crippen LogP contribution in [-0.2, 0) is 0 Å². The highest BCUT2D eigenvalue weighted by molar-refractivity contribution is 5.07. The van der Waals surface area contributed by atoms with Gasteiger partial charge in [0.2, 0.25) is 0 Å². The molecular weight excluding hydrogens is 360 g/mol. The molecule has 0 aromatic carbocycles. The minimum atomic E-state index is 0.931. The number of hydrogen-bond donors (Lipinski definition) is 0. The summed E-state index contributed by atoms with van der Waals surface area (Å²) in [5, 5.41) is 0. The quantitative estimate of drug-likeness (QED) is 0.336. The van der Waals surface area contributed by atoms with Gasteiger partial charge >= 0.3 is 0 Å². The molecule has 0 aromatic rings. The Bertz CT molecular complexity index is 599. The maximum atomic E-state index is 2.62. The van der Waals surface area contributed by atoms with Crippen LogP contribution in [0.3, 0.4) is 0 Å². The van der Waals surface area contributed by atoms with Gasteiger partial charge in [-0.3, -0.25) is 0 Å². The molecule has 0 spiro atoms. The van der Waals surface area contributed by atoms with Gasteiger partial charge in [-0.25, -0.2) is 0 Å². The zero-order chi connectivity index (χ0) is 22.2. The van der Waals surface area contributed by atoms with E-state index in [-0.39, 0.29) is 0 Å². The highest BCUT2D eigenvalue weighted by Crippen LogP contribution is 2.65. The molecule has 0 aromatic heterocycles. The van der Waals surface area contributed by atoms with Crippen LogP contribution in [0.1, 0.15) is 89.0 Å². The van der Waals surface area contributed by atoms with Gasteiger partial charge in [0, 0.05) is 0 Å². The van der Waals surface area contributed by atoms with Crippen molar-refractivity contribution in [1.29, 1.82) is 0 Å². The largest absolute Gasteiger partial charge is 0.0651 e. The van der Waals surface area contributed by atoms with Gasteiger partial charge in [0.15, 0.2) is 0 Å². The first-order valence-corrected chi connectivity index (χ1v) is 14.0. The molecule has 0 radical (unpaired) electrons. The van der Waals surface area contributed by atoms with Crippen molar-refractivity contribution in [2.45, 2.75) is 89.0 Å². The lowest BCUT2D eigenvalue weighted by molar-refractivity contribution is 0.253. The molecule has 0 heterocycles. The Morgan fingerprint density at radius 2 is 0.900 bits per heavy atom. The highest BCUT2D eigenvalue weighted by atomic mass is 14.6. The van der Waals surface area contributed by atoms with Gasteiger partial charge in [0.1, 0.15) is 0 Å². The molecule has 0 aliphatic heterocycles. The second-order valence-corrected chi connectivity index (χ2v) is 13.6. The average molecular weight is 415 g/mol. The normalized spacial score (nSPS) is 54.1. The molecule has 16 unspecified atom stereocenters. The highest BCUT2D eigenvalue weighted by Gasteiger charge is 2.60. The second kappa shape index (κ2) is 8.09. The predicted molar refractivity (Wildman–Crippen MR) is 131 cm³/mol. The Balaban J connectivity index is 1.28. The smallest absolute Gasteiger partial charge is 0.0324 e. The van der Waals surface area contributed by atoms with Crippen LogP contribution in [-0.4, -0.2) is 0 Å². The van der Waals surface area contributed by atoms with E-state index in [9.17, 15) is 0 Å². The fourth-order valence-electron chi connectivity index (χ4n) is 9.81. The summed E-state index contributed by atoms with van der Waals surface area (Å²) in [4.78, 5) is 0. The minimum Gasteiger partial charge on any atom is -0.0651 e. The van der Waals surface area contributed by atoms with Crippen LogP contribution in [0, 0.1) is 101 Å². The molecule has 4 aliphatic rings. The Morgan fingerprint density at radius 1 is 0.467 bits per heavy atom. The van der Waals surface area contributed by atoms with Crippen LogP contribution in [0.2, 0.25) is 0 Å². The van der Waals surface area contributed by atoms with Gasteiger partial charge in [-0.15, -0.1) is 0 Å². The molecule has 4 rings (SSSR count). The lowest BCUT2D eigenvalue weighted by atomic mass is 9.82. The standard InChI is InChI=1S/C30H54/c1-12-24-21(9)28(24)19(7)20(8)30-23(11)26(30)14(2)13-25-22(10)29(25)18(6)17(5)27-15(3)16(27)4/h14-30H,12-13H2,1-11H3. The summed E-state index contributed by atoms with van der Waals surface area (Å²) in [6.07, 6.45) is 2.92. The summed E-state index contributed by atoms with van der Waals surface area (Å²) in [7, 11) is 0. The first-order chi connectivity index (χ1) is 14.0. The summed E-state index contributed by atoms with van der Waals surface area (Å²) >= 11 is 0. The van der Waals surface area contributed by atoms with Crippen LogP contribution in [0.5, 0.6) is 0 Å². The van der Waals surface area contributed by atoms with E-state index in [2.05, 4.69) is 76.2 Å². The van der Waals surface area contributed by atoms with Gasteiger partial charge < -0.3 is 0 Å². The van der Waals surface area contributed by atoms with Crippen molar-refractivity contribution < 1.29 is 0 Å². The molecule has 174 valence electrons. The Morgan fingerprint density at radius 3 is 1.37 bits per heavy atom. The van der Waals surface area contributed by atoms with Crippen molar-refractivity contribution in [3.63, 3.8) is 0 Å². The van der Waals surface area contributed by atoms with Gasteiger partial charge in [-0.1, -0.05) is 82.6 Å². The minimum absolute atomic E-state index is 0.931. The monoisotopic (exact) mass is 414 g/mol. The molecule has 0 nitrogen and oxygen atoms in total. The summed E-state index contributed by atoms with van der Waals surface area (Å²) in [5.41, 5.74) is 0. The lowest BCUT2D eigenvalue weighted by Crippen LogP contribution is -2.17. The maximum absolute atomic E-state index is 2.62. The van der Waals surface area contributed by atoms with E-state index >= 15 is 0 Å². The van der Waals surface area contributed by atoms with Gasteiger partial charge in [0.25, 0.3) is 0 Å². The van der Waals surface area contributed by atoms with Gasteiger partial charge in [-0.05, 0) is 107 Å². The molecule has 30 heavy (non-hydrogen) atoms. The van der Waals surface area contributed by atoms with E-state index in [1.807, 2.05) is 0 Å². The van der Waals surface area contributed by atoms with Crippen LogP contribution >= 0.6 is 0 Å². The van der Waals surface area contributed by atoms with Gasteiger partial charge in [0.05, 0.1) is 0 Å². The summed E-state index contributed by atoms with van der Waals surface area (Å²) in [6.45, 7) is 28.0. The average Bonchev–Trinajstić information content (AvgIpc) is 3.65. The van der Waals surface area contributed by atoms with E-state index < -0.39 is 0 Å². The molecule has 4 saturated carbocycles. The van der Waals surface area contributed by atoms with Crippen LogP contribution < -0.4 is 0 Å². The van der Waals surface area contributed by atoms with Crippen molar-refractivity contribution in [3.8, 4) is 0 Å². The summed E-state index contributed by atoms with van der Waals surface area (Å²) in [6, 6.07) is 0. The van der Waals surface area contributed by atoms with E-state index in [1.165, 1.54) is 12.8 Å². The van der Waals surface area contributed by atoms with E-state index in [1.54, 1.807) is 0 Å². The second-order valence-electron chi connectivity index (χ2n) is 13.6. The molecular formula is C30H54. The molecule has 0 saturated heterocycles. The molecule has 16 atom stereocenters. The summed E-state index contributed by atoms with van der Waals surface area (Å²) in [5.74, 6) is 16.7. The molecule has 0 bridgehead atoms. The van der Waals surface area contributed by atoms with E-state index in [0.717, 1.165) is 101 Å². The number of hydrogen-bond acceptors (Lipinski definition) is 0. The fourth-order valence-corrected chi connectivity index (χ4v) is 9.81. The Labute approximate surface area is 189 Å². The zero-order valence-electron chi connectivity index (χ0n) is 22.2. The van der Waals surface area contributed by atoms with Crippen LogP contribution in [0.4, 0.5) is 0 Å². The maximum Gasteiger partial charge on any atom is -0.0324 e. The van der Waals surface area contributed by atoms with Crippen LogP contribution in [0.25, 0.3) is 0 Å². The molecule has 0 N–H and O–H groups in total. The van der Waals surface area contributed by atoms with E-state index in [4.69, 9.17) is 0 Å². The van der Waals surface area contributed by atoms with E-state index in [0.29, 0.717) is 0 Å². The first kappa shape index (κ1) is 23.2. The van der Waals surface area contributed by atoms with Crippen molar-refractivity contribution >= 4 is 0 Å². The van der Waals surface area contributed by atoms with Crippen molar-refractivity contribution in [3.05, 3.63) is 0 Å². The van der Waals surface area contributed by atoms with Crippen molar-refractivity contribution in [1.82, 2.24) is 0 Å². The van der Waals surface area contributed by atoms with Gasteiger partial charge in [-0.2, -0.15) is 0 Å².